The Morgan fingerprint density at radius 3 is 2.71 bits per heavy atom. The zero-order valence-electron chi connectivity index (χ0n) is 8.59. The zero-order valence-corrected chi connectivity index (χ0v) is 9.40. The largest absolute Gasteiger partial charge is 0.330 e. The Kier molecular flexibility index (Phi) is 4.42. The smallest absolute Gasteiger partial charge is 0.137 e. The number of thioether (sulfide) groups is 1. The summed E-state index contributed by atoms with van der Waals surface area (Å²) >= 11 is 1.43. The van der Waals surface area contributed by atoms with E-state index in [0.29, 0.717) is 17.4 Å². The topological polar surface area (TPSA) is 26.0 Å². The van der Waals surface area contributed by atoms with Gasteiger partial charge in [0.05, 0.1) is 0 Å². The third-order valence-electron chi connectivity index (χ3n) is 2.34. The van der Waals surface area contributed by atoms with Crippen LogP contribution in [0.2, 0.25) is 0 Å². The van der Waals surface area contributed by atoms with Gasteiger partial charge < -0.3 is 5.73 Å². The average molecular weight is 213 g/mol. The maximum absolute atomic E-state index is 13.4. The summed E-state index contributed by atoms with van der Waals surface area (Å²) in [4.78, 5) is 0.702. The first kappa shape index (κ1) is 11.5. The van der Waals surface area contributed by atoms with Gasteiger partial charge in [0.1, 0.15) is 5.82 Å². The molecule has 1 aromatic carbocycles. The molecule has 1 aromatic rings. The van der Waals surface area contributed by atoms with Crippen LogP contribution in [0, 0.1) is 5.82 Å². The van der Waals surface area contributed by atoms with Crippen molar-refractivity contribution >= 4 is 11.8 Å². The van der Waals surface area contributed by atoms with Crippen LogP contribution in [0.3, 0.4) is 0 Å². The summed E-state index contributed by atoms with van der Waals surface area (Å²) in [6.07, 6.45) is 2.78. The van der Waals surface area contributed by atoms with Gasteiger partial charge in [0.15, 0.2) is 0 Å². The van der Waals surface area contributed by atoms with Crippen LogP contribution in [0.5, 0.6) is 0 Å². The van der Waals surface area contributed by atoms with Gasteiger partial charge in [-0.05, 0) is 42.8 Å². The molecule has 0 aliphatic heterocycles. The van der Waals surface area contributed by atoms with Crippen molar-refractivity contribution in [2.75, 3.05) is 12.8 Å². The van der Waals surface area contributed by atoms with Crippen molar-refractivity contribution in [3.05, 3.63) is 29.6 Å². The van der Waals surface area contributed by atoms with Crippen molar-refractivity contribution in [2.24, 2.45) is 5.73 Å². The van der Waals surface area contributed by atoms with Crippen molar-refractivity contribution in [2.45, 2.75) is 24.2 Å². The van der Waals surface area contributed by atoms with Crippen LogP contribution in [0.4, 0.5) is 4.39 Å². The zero-order chi connectivity index (χ0) is 10.6. The van der Waals surface area contributed by atoms with E-state index in [1.807, 2.05) is 18.4 Å². The molecule has 0 saturated carbocycles. The molecule has 1 rings (SSSR count). The molecular weight excluding hydrogens is 197 g/mol. The second-order valence-corrected chi connectivity index (χ2v) is 4.22. The van der Waals surface area contributed by atoms with Crippen molar-refractivity contribution < 1.29 is 4.39 Å². The Labute approximate surface area is 88.9 Å². The highest BCUT2D eigenvalue weighted by atomic mass is 32.2. The molecule has 0 amide bonds. The number of benzene rings is 1. The summed E-state index contributed by atoms with van der Waals surface area (Å²) in [5.74, 6) is 0.212. The molecule has 78 valence electrons. The van der Waals surface area contributed by atoms with Crippen molar-refractivity contribution in [1.82, 2.24) is 0 Å². The molecule has 0 fully saturated rings. The molecule has 1 nitrogen and oxygen atoms in total. The summed E-state index contributed by atoms with van der Waals surface area (Å²) in [5.41, 5.74) is 6.50. The van der Waals surface area contributed by atoms with Gasteiger partial charge in [-0.2, -0.15) is 0 Å². The quantitative estimate of drug-likeness (QED) is 0.778. The minimum absolute atomic E-state index is 0.126. The lowest BCUT2D eigenvalue weighted by atomic mass is 9.98. The van der Waals surface area contributed by atoms with E-state index in [9.17, 15) is 4.39 Å². The van der Waals surface area contributed by atoms with Gasteiger partial charge in [-0.15, -0.1) is 11.8 Å². The maximum atomic E-state index is 13.4. The van der Waals surface area contributed by atoms with Gasteiger partial charge in [-0.25, -0.2) is 4.39 Å². The van der Waals surface area contributed by atoms with E-state index in [1.165, 1.54) is 11.8 Å². The fourth-order valence-electron chi connectivity index (χ4n) is 1.41. The highest BCUT2D eigenvalue weighted by Crippen LogP contribution is 2.25. The number of hydrogen-bond acceptors (Lipinski definition) is 2. The first-order chi connectivity index (χ1) is 6.69. The molecule has 0 bridgehead atoms. The molecule has 14 heavy (non-hydrogen) atoms. The van der Waals surface area contributed by atoms with E-state index in [2.05, 4.69) is 6.92 Å². The lowest BCUT2D eigenvalue weighted by Crippen LogP contribution is -2.04. The predicted octanol–water partition coefficient (Wildman–Crippen LogP) is 3.00. The highest BCUT2D eigenvalue weighted by molar-refractivity contribution is 7.98. The minimum Gasteiger partial charge on any atom is -0.330 e. The van der Waals surface area contributed by atoms with Gasteiger partial charge in [0.2, 0.25) is 0 Å². The Bertz CT molecular complexity index is 301. The molecule has 0 aromatic heterocycles. The van der Waals surface area contributed by atoms with Gasteiger partial charge in [-0.3, -0.25) is 0 Å². The van der Waals surface area contributed by atoms with Gasteiger partial charge >= 0.3 is 0 Å². The lowest BCUT2D eigenvalue weighted by Gasteiger charge is -2.11. The Balaban J connectivity index is 2.85. The summed E-state index contributed by atoms with van der Waals surface area (Å²) in [7, 11) is 0. The van der Waals surface area contributed by atoms with Crippen molar-refractivity contribution in [3.8, 4) is 0 Å². The summed E-state index contributed by atoms with van der Waals surface area (Å²) < 4.78 is 13.4. The summed E-state index contributed by atoms with van der Waals surface area (Å²) in [5, 5.41) is 0. The standard InChI is InChI=1S/C11H16FNS/c1-8(5-6-13)9-3-4-11(14-2)10(12)7-9/h3-4,7-8H,5-6,13H2,1-2H3. The molecule has 0 spiro atoms. The highest BCUT2D eigenvalue weighted by Gasteiger charge is 2.07. The first-order valence-corrected chi connectivity index (χ1v) is 5.95. The number of rotatable bonds is 4. The van der Waals surface area contributed by atoms with E-state index >= 15 is 0 Å². The first-order valence-electron chi connectivity index (χ1n) is 4.72. The molecule has 0 heterocycles. The van der Waals surface area contributed by atoms with Crippen LogP contribution in [0.15, 0.2) is 23.1 Å². The van der Waals surface area contributed by atoms with Crippen LogP contribution in [0.25, 0.3) is 0 Å². The van der Waals surface area contributed by atoms with E-state index in [0.717, 1.165) is 12.0 Å². The van der Waals surface area contributed by atoms with E-state index in [1.54, 1.807) is 6.07 Å². The Hall–Kier alpha value is -0.540. The van der Waals surface area contributed by atoms with Gasteiger partial charge in [-0.1, -0.05) is 13.0 Å². The van der Waals surface area contributed by atoms with E-state index in [4.69, 9.17) is 5.73 Å². The minimum atomic E-state index is -0.126. The third-order valence-corrected chi connectivity index (χ3v) is 3.12. The molecule has 1 unspecified atom stereocenters. The molecule has 2 N–H and O–H groups in total. The predicted molar refractivity (Wildman–Crippen MR) is 60.3 cm³/mol. The molecule has 3 heteroatoms. The molecule has 1 atom stereocenters. The molecule has 0 saturated heterocycles. The van der Waals surface area contributed by atoms with Crippen LogP contribution in [-0.2, 0) is 0 Å². The Morgan fingerprint density at radius 1 is 1.50 bits per heavy atom. The normalized spacial score (nSPS) is 12.9. The molecule has 0 aliphatic rings. The fraction of sp³-hybridized carbons (Fsp3) is 0.455. The van der Waals surface area contributed by atoms with Crippen LogP contribution in [-0.4, -0.2) is 12.8 Å². The van der Waals surface area contributed by atoms with Gasteiger partial charge in [0.25, 0.3) is 0 Å². The van der Waals surface area contributed by atoms with Gasteiger partial charge in [0, 0.05) is 4.90 Å². The van der Waals surface area contributed by atoms with Crippen LogP contribution < -0.4 is 5.73 Å². The molecular formula is C11H16FNS. The average Bonchev–Trinajstić information content (AvgIpc) is 2.18. The molecule has 0 radical (unpaired) electrons. The maximum Gasteiger partial charge on any atom is 0.137 e. The monoisotopic (exact) mass is 213 g/mol. The molecule has 0 aliphatic carbocycles. The number of hydrogen-bond donors (Lipinski definition) is 1. The second-order valence-electron chi connectivity index (χ2n) is 3.37. The van der Waals surface area contributed by atoms with Crippen LogP contribution >= 0.6 is 11.8 Å². The van der Waals surface area contributed by atoms with Crippen molar-refractivity contribution in [3.63, 3.8) is 0 Å². The van der Waals surface area contributed by atoms with Crippen molar-refractivity contribution in [1.29, 1.82) is 0 Å². The fourth-order valence-corrected chi connectivity index (χ4v) is 1.86. The number of nitrogens with two attached hydrogens (primary N) is 1. The van der Waals surface area contributed by atoms with Crippen LogP contribution in [0.1, 0.15) is 24.8 Å². The summed E-state index contributed by atoms with van der Waals surface area (Å²) in [6.45, 7) is 2.72. The Morgan fingerprint density at radius 2 is 2.21 bits per heavy atom. The second kappa shape index (κ2) is 5.37. The lowest BCUT2D eigenvalue weighted by molar-refractivity contribution is 0.593. The third kappa shape index (κ3) is 2.72. The van der Waals surface area contributed by atoms with E-state index < -0.39 is 0 Å². The SMILES string of the molecule is CSc1ccc(C(C)CCN)cc1F. The number of halogens is 1. The summed E-state index contributed by atoms with van der Waals surface area (Å²) in [6, 6.07) is 5.43. The van der Waals surface area contributed by atoms with E-state index in [-0.39, 0.29) is 5.82 Å².